The topological polar surface area (TPSA) is 58.3 Å². The highest BCUT2D eigenvalue weighted by molar-refractivity contribution is 7.80. The number of halogens is 1. The molecule has 114 valence electrons. The maximum atomic E-state index is 13.0. The van der Waals surface area contributed by atoms with Gasteiger partial charge in [0.1, 0.15) is 16.5 Å². The van der Waals surface area contributed by atoms with Crippen LogP contribution in [0.5, 0.6) is 0 Å². The Bertz CT molecular complexity index is 668. The number of piperazine rings is 1. The average molecular weight is 317 g/mol. The summed E-state index contributed by atoms with van der Waals surface area (Å²) >= 11 is 5.03. The fourth-order valence-corrected chi connectivity index (χ4v) is 2.71. The fourth-order valence-electron chi connectivity index (χ4n) is 2.56. The van der Waals surface area contributed by atoms with E-state index in [0.29, 0.717) is 5.69 Å². The second kappa shape index (κ2) is 6.23. The van der Waals surface area contributed by atoms with E-state index in [1.807, 2.05) is 0 Å². The Hall–Kier alpha value is -2.28. The van der Waals surface area contributed by atoms with Crippen LogP contribution in [0, 0.1) is 5.82 Å². The second-order valence-corrected chi connectivity index (χ2v) is 5.48. The molecule has 1 aromatic heterocycles. The van der Waals surface area contributed by atoms with Crippen LogP contribution in [0.4, 0.5) is 15.9 Å². The molecule has 7 heteroatoms. The minimum absolute atomic E-state index is 0.219. The molecule has 0 aliphatic carbocycles. The summed E-state index contributed by atoms with van der Waals surface area (Å²) in [6.07, 6.45) is 3.23. The molecule has 0 spiro atoms. The van der Waals surface area contributed by atoms with E-state index in [1.54, 1.807) is 24.5 Å². The monoisotopic (exact) mass is 317 g/mol. The molecule has 0 unspecified atom stereocenters. The normalized spacial score (nSPS) is 15.0. The van der Waals surface area contributed by atoms with Gasteiger partial charge >= 0.3 is 0 Å². The summed E-state index contributed by atoms with van der Waals surface area (Å²) in [7, 11) is 0. The molecule has 0 saturated carbocycles. The number of hydrogen-bond acceptors (Lipinski definition) is 5. The van der Waals surface area contributed by atoms with Crippen molar-refractivity contribution in [3.8, 4) is 0 Å². The van der Waals surface area contributed by atoms with Gasteiger partial charge < -0.3 is 15.5 Å². The van der Waals surface area contributed by atoms with Gasteiger partial charge in [0.15, 0.2) is 5.82 Å². The molecule has 1 aromatic carbocycles. The van der Waals surface area contributed by atoms with Crippen molar-refractivity contribution >= 4 is 28.7 Å². The van der Waals surface area contributed by atoms with Gasteiger partial charge in [-0.3, -0.25) is 0 Å². The summed E-state index contributed by atoms with van der Waals surface area (Å²) in [5.41, 5.74) is 7.30. The van der Waals surface area contributed by atoms with E-state index in [0.717, 1.165) is 37.7 Å². The van der Waals surface area contributed by atoms with Gasteiger partial charge in [0.05, 0.1) is 0 Å². The molecule has 0 atom stereocenters. The van der Waals surface area contributed by atoms with E-state index in [4.69, 9.17) is 18.0 Å². The number of rotatable bonds is 3. The summed E-state index contributed by atoms with van der Waals surface area (Å²) in [6.45, 7) is 3.20. The van der Waals surface area contributed by atoms with Crippen LogP contribution in [0.1, 0.15) is 5.69 Å². The van der Waals surface area contributed by atoms with Gasteiger partial charge in [-0.25, -0.2) is 14.4 Å². The lowest BCUT2D eigenvalue weighted by Crippen LogP contribution is -2.47. The van der Waals surface area contributed by atoms with Crippen molar-refractivity contribution in [2.24, 2.45) is 5.73 Å². The minimum atomic E-state index is -0.219. The quantitative estimate of drug-likeness (QED) is 0.868. The van der Waals surface area contributed by atoms with Crippen molar-refractivity contribution in [3.63, 3.8) is 0 Å². The molecule has 1 fully saturated rings. The predicted molar refractivity (Wildman–Crippen MR) is 88.7 cm³/mol. The molecule has 1 aliphatic rings. The SMILES string of the molecule is NC(=S)c1nccnc1N1CCN(c2ccc(F)cc2)CC1. The van der Waals surface area contributed by atoms with Gasteiger partial charge in [0, 0.05) is 44.3 Å². The van der Waals surface area contributed by atoms with E-state index in [1.165, 1.54) is 12.1 Å². The van der Waals surface area contributed by atoms with Crippen LogP contribution < -0.4 is 15.5 Å². The van der Waals surface area contributed by atoms with Crippen molar-refractivity contribution in [2.75, 3.05) is 36.0 Å². The van der Waals surface area contributed by atoms with Gasteiger partial charge in [-0.2, -0.15) is 0 Å². The molecule has 1 aliphatic heterocycles. The van der Waals surface area contributed by atoms with Gasteiger partial charge in [-0.15, -0.1) is 0 Å². The smallest absolute Gasteiger partial charge is 0.157 e. The standard InChI is InChI=1S/C15H16FN5S/c16-11-1-3-12(4-2-11)20-7-9-21(10-8-20)15-13(14(17)22)18-5-6-19-15/h1-6H,7-10H2,(H2,17,22). The van der Waals surface area contributed by atoms with Gasteiger partial charge in [-0.1, -0.05) is 12.2 Å². The van der Waals surface area contributed by atoms with Gasteiger partial charge in [0.25, 0.3) is 0 Å². The molecule has 0 bridgehead atoms. The van der Waals surface area contributed by atoms with Crippen LogP contribution in [-0.2, 0) is 0 Å². The Labute approximate surface area is 133 Å². The lowest BCUT2D eigenvalue weighted by molar-refractivity contribution is 0.624. The summed E-state index contributed by atoms with van der Waals surface area (Å²) in [5.74, 6) is 0.511. The van der Waals surface area contributed by atoms with Crippen molar-refractivity contribution in [3.05, 3.63) is 48.2 Å². The maximum absolute atomic E-state index is 13.0. The first-order chi connectivity index (χ1) is 10.6. The Morgan fingerprint density at radius 3 is 2.23 bits per heavy atom. The van der Waals surface area contributed by atoms with E-state index in [2.05, 4.69) is 19.8 Å². The molecule has 3 rings (SSSR count). The van der Waals surface area contributed by atoms with E-state index < -0.39 is 0 Å². The number of aromatic nitrogens is 2. The lowest BCUT2D eigenvalue weighted by atomic mass is 10.2. The molecule has 5 nitrogen and oxygen atoms in total. The van der Waals surface area contributed by atoms with Crippen LogP contribution in [0.25, 0.3) is 0 Å². The molecule has 0 radical (unpaired) electrons. The first-order valence-electron chi connectivity index (χ1n) is 7.01. The van der Waals surface area contributed by atoms with Crippen molar-refractivity contribution in [1.29, 1.82) is 0 Å². The Kier molecular flexibility index (Phi) is 4.15. The third-order valence-electron chi connectivity index (χ3n) is 3.68. The second-order valence-electron chi connectivity index (χ2n) is 5.04. The molecule has 1 saturated heterocycles. The number of benzene rings is 1. The van der Waals surface area contributed by atoms with Crippen LogP contribution >= 0.6 is 12.2 Å². The Balaban J connectivity index is 1.72. The number of hydrogen-bond donors (Lipinski definition) is 1. The fraction of sp³-hybridized carbons (Fsp3) is 0.267. The van der Waals surface area contributed by atoms with Crippen LogP contribution in [0.3, 0.4) is 0 Å². The lowest BCUT2D eigenvalue weighted by Gasteiger charge is -2.37. The van der Waals surface area contributed by atoms with Crippen molar-refractivity contribution < 1.29 is 4.39 Å². The van der Waals surface area contributed by atoms with E-state index >= 15 is 0 Å². The average Bonchev–Trinajstić information content (AvgIpc) is 2.56. The van der Waals surface area contributed by atoms with Gasteiger partial charge in [0.2, 0.25) is 0 Å². The molecule has 22 heavy (non-hydrogen) atoms. The Morgan fingerprint density at radius 2 is 1.59 bits per heavy atom. The zero-order valence-corrected chi connectivity index (χ0v) is 12.8. The zero-order valence-electron chi connectivity index (χ0n) is 11.9. The molecule has 0 amide bonds. The molecule has 2 aromatic rings. The summed E-state index contributed by atoms with van der Waals surface area (Å²) in [6, 6.07) is 6.56. The first kappa shape index (κ1) is 14.6. The highest BCUT2D eigenvalue weighted by Gasteiger charge is 2.21. The van der Waals surface area contributed by atoms with Crippen LogP contribution in [0.15, 0.2) is 36.7 Å². The molecule has 2 heterocycles. The highest BCUT2D eigenvalue weighted by atomic mass is 32.1. The summed E-state index contributed by atoms with van der Waals surface area (Å²) in [4.78, 5) is 13.2. The predicted octanol–water partition coefficient (Wildman–Crippen LogP) is 1.58. The van der Waals surface area contributed by atoms with Crippen LogP contribution in [0.2, 0.25) is 0 Å². The number of nitrogens with zero attached hydrogens (tertiary/aromatic N) is 4. The third kappa shape index (κ3) is 2.99. The molecular weight excluding hydrogens is 301 g/mol. The summed E-state index contributed by atoms with van der Waals surface area (Å²) in [5, 5.41) is 0. The highest BCUT2D eigenvalue weighted by Crippen LogP contribution is 2.21. The van der Waals surface area contributed by atoms with Crippen LogP contribution in [-0.4, -0.2) is 41.1 Å². The number of thiocarbonyl (C=S) groups is 1. The largest absolute Gasteiger partial charge is 0.388 e. The maximum Gasteiger partial charge on any atom is 0.157 e. The van der Waals surface area contributed by atoms with Crippen molar-refractivity contribution in [1.82, 2.24) is 9.97 Å². The summed E-state index contributed by atoms with van der Waals surface area (Å²) < 4.78 is 13.0. The number of anilines is 2. The van der Waals surface area contributed by atoms with Crippen molar-refractivity contribution in [2.45, 2.75) is 0 Å². The molecular formula is C15H16FN5S. The van der Waals surface area contributed by atoms with Gasteiger partial charge in [-0.05, 0) is 24.3 Å². The minimum Gasteiger partial charge on any atom is -0.388 e. The third-order valence-corrected chi connectivity index (χ3v) is 3.88. The zero-order chi connectivity index (χ0) is 15.5. The first-order valence-corrected chi connectivity index (χ1v) is 7.42. The van der Waals surface area contributed by atoms with E-state index in [-0.39, 0.29) is 10.8 Å². The molecule has 2 N–H and O–H groups in total. The number of nitrogens with two attached hydrogens (primary N) is 1. The van der Waals surface area contributed by atoms with E-state index in [9.17, 15) is 4.39 Å². The Morgan fingerprint density at radius 1 is 1.00 bits per heavy atom.